The summed E-state index contributed by atoms with van der Waals surface area (Å²) >= 11 is 1.29. The van der Waals surface area contributed by atoms with Crippen LogP contribution in [0, 0.1) is 0 Å². The molecule has 0 saturated heterocycles. The third-order valence-electron chi connectivity index (χ3n) is 3.26. The summed E-state index contributed by atoms with van der Waals surface area (Å²) in [5.41, 5.74) is 4.55. The summed E-state index contributed by atoms with van der Waals surface area (Å²) in [5.74, 6) is 1.27. The van der Waals surface area contributed by atoms with Crippen molar-refractivity contribution in [3.8, 4) is 0 Å². The van der Waals surface area contributed by atoms with Crippen LogP contribution in [0.25, 0.3) is 11.4 Å². The average Bonchev–Trinajstić information content (AvgIpc) is 3.48. The molecular weight excluding hydrogens is 352 g/mol. The molecule has 0 unspecified atom stereocenters. The molecule has 0 amide bonds. The molecule has 14 heteroatoms. The van der Waals surface area contributed by atoms with Gasteiger partial charge >= 0.3 is 0 Å². The van der Waals surface area contributed by atoms with Crippen molar-refractivity contribution in [1.29, 1.82) is 0 Å². The van der Waals surface area contributed by atoms with Crippen LogP contribution in [-0.4, -0.2) is 35.2 Å². The fraction of sp³-hybridized carbons (Fsp3) is 0. The van der Waals surface area contributed by atoms with Gasteiger partial charge in [0.05, 0.1) is 0 Å². The number of nitrogens with one attached hydrogen (secondary N) is 1. The molecule has 0 aromatic carbocycles. The predicted molar refractivity (Wildman–Crippen MR) is 79.9 cm³/mol. The molecule has 5 heterocycles. The Labute approximate surface area is 141 Å². The maximum atomic E-state index is 4.88. The van der Waals surface area contributed by atoms with Gasteiger partial charge in [0.15, 0.2) is 17.8 Å². The van der Waals surface area contributed by atoms with Gasteiger partial charge in [0, 0.05) is 10.7 Å². The van der Waals surface area contributed by atoms with Gasteiger partial charge in [-0.1, -0.05) is 15.4 Å². The first-order valence-corrected chi connectivity index (χ1v) is 7.58. The van der Waals surface area contributed by atoms with Gasteiger partial charge in [-0.25, -0.2) is 9.64 Å². The quantitative estimate of drug-likeness (QED) is 0.542. The molecule has 124 valence electrons. The molecule has 25 heavy (non-hydrogen) atoms. The molecule has 0 fully saturated rings. The Morgan fingerprint density at radius 2 is 2.16 bits per heavy atom. The standard InChI is InChI=1S/C11H6N10O3S/c1-2-25-18-7(1)21-15-9(11-12-5-23-17-11)10(6-3-13-24-16-6)20(21)8-4-22-19-14-8/h1-5,15H. The Bertz CT molecular complexity index is 979. The van der Waals surface area contributed by atoms with E-state index in [9.17, 15) is 0 Å². The zero-order valence-electron chi connectivity index (χ0n) is 12.0. The Morgan fingerprint density at radius 1 is 1.16 bits per heavy atom. The maximum Gasteiger partial charge on any atom is 0.222 e. The molecule has 0 saturated carbocycles. The van der Waals surface area contributed by atoms with Gasteiger partial charge < -0.3 is 9.05 Å². The topological polar surface area (TPSA) is 148 Å². The second-order valence-corrected chi connectivity index (χ2v) is 5.29. The van der Waals surface area contributed by atoms with E-state index < -0.39 is 0 Å². The van der Waals surface area contributed by atoms with Crippen molar-refractivity contribution >= 4 is 34.6 Å². The van der Waals surface area contributed by atoms with E-state index in [1.165, 1.54) is 30.4 Å². The fourth-order valence-electron chi connectivity index (χ4n) is 2.30. The normalized spacial score (nSPS) is 14.4. The average molecular weight is 358 g/mol. The number of nitrogens with zero attached hydrogens (tertiary/aromatic N) is 9. The van der Waals surface area contributed by atoms with E-state index in [4.69, 9.17) is 13.7 Å². The van der Waals surface area contributed by atoms with Crippen molar-refractivity contribution in [2.24, 2.45) is 0 Å². The second-order valence-electron chi connectivity index (χ2n) is 4.63. The lowest BCUT2D eigenvalue weighted by Gasteiger charge is -2.27. The van der Waals surface area contributed by atoms with Crippen molar-refractivity contribution in [3.63, 3.8) is 0 Å². The molecular formula is C11H6N10O3S. The minimum Gasteiger partial charge on any atom is -0.343 e. The highest BCUT2D eigenvalue weighted by atomic mass is 32.1. The van der Waals surface area contributed by atoms with E-state index in [1.54, 1.807) is 10.1 Å². The smallest absolute Gasteiger partial charge is 0.222 e. The molecule has 4 aromatic heterocycles. The number of aromatic nitrogens is 7. The van der Waals surface area contributed by atoms with Crippen molar-refractivity contribution in [3.05, 3.63) is 41.8 Å². The van der Waals surface area contributed by atoms with E-state index >= 15 is 0 Å². The molecule has 1 aliphatic heterocycles. The third-order valence-corrected chi connectivity index (χ3v) is 3.81. The first kappa shape index (κ1) is 13.6. The summed E-state index contributed by atoms with van der Waals surface area (Å²) in [4.78, 5) is 4.08. The number of anilines is 2. The van der Waals surface area contributed by atoms with E-state index in [1.807, 2.05) is 11.4 Å². The second kappa shape index (κ2) is 5.38. The van der Waals surface area contributed by atoms with Crippen LogP contribution < -0.4 is 15.6 Å². The van der Waals surface area contributed by atoms with Gasteiger partial charge in [-0.05, 0) is 22.8 Å². The minimum atomic E-state index is 0.303. The van der Waals surface area contributed by atoms with Crippen LogP contribution in [0.1, 0.15) is 11.5 Å². The fourth-order valence-corrected chi connectivity index (χ4v) is 2.79. The molecule has 0 spiro atoms. The Balaban J connectivity index is 1.73. The number of hydrogen-bond acceptors (Lipinski definition) is 14. The van der Waals surface area contributed by atoms with E-state index in [0.29, 0.717) is 34.5 Å². The van der Waals surface area contributed by atoms with Crippen LogP contribution in [-0.2, 0) is 0 Å². The van der Waals surface area contributed by atoms with Crippen molar-refractivity contribution in [2.45, 2.75) is 0 Å². The lowest BCUT2D eigenvalue weighted by molar-refractivity contribution is 0.306. The molecule has 0 bridgehead atoms. The summed E-state index contributed by atoms with van der Waals surface area (Å²) < 4.78 is 18.8. The largest absolute Gasteiger partial charge is 0.343 e. The zero-order valence-corrected chi connectivity index (χ0v) is 12.9. The lowest BCUT2D eigenvalue weighted by Crippen LogP contribution is -2.44. The first-order valence-electron chi connectivity index (χ1n) is 6.75. The molecule has 0 atom stereocenters. The highest BCUT2D eigenvalue weighted by Gasteiger charge is 2.39. The number of rotatable bonds is 4. The van der Waals surface area contributed by atoms with Crippen molar-refractivity contribution in [1.82, 2.24) is 40.6 Å². The molecule has 1 N–H and O–H groups in total. The van der Waals surface area contributed by atoms with Crippen LogP contribution in [0.15, 0.2) is 44.0 Å². The molecule has 0 aliphatic carbocycles. The van der Waals surface area contributed by atoms with Gasteiger partial charge in [-0.3, -0.25) is 5.43 Å². The van der Waals surface area contributed by atoms with Crippen molar-refractivity contribution in [2.75, 3.05) is 10.1 Å². The zero-order chi connectivity index (χ0) is 16.6. The first-order chi connectivity index (χ1) is 12.4. The van der Waals surface area contributed by atoms with Gasteiger partial charge in [0.25, 0.3) is 0 Å². The van der Waals surface area contributed by atoms with Gasteiger partial charge in [0.2, 0.25) is 18.0 Å². The monoisotopic (exact) mass is 358 g/mol. The Hall–Kier alpha value is -3.81. The van der Waals surface area contributed by atoms with E-state index in [2.05, 4.69) is 40.6 Å². The summed E-state index contributed by atoms with van der Waals surface area (Å²) in [5, 5.41) is 24.0. The van der Waals surface area contributed by atoms with Gasteiger partial charge in [-0.2, -0.15) is 14.5 Å². The van der Waals surface area contributed by atoms with Crippen LogP contribution in [0.2, 0.25) is 0 Å². The van der Waals surface area contributed by atoms with Crippen LogP contribution >= 0.6 is 11.5 Å². The summed E-state index contributed by atoms with van der Waals surface area (Å²) in [6, 6.07) is 1.82. The molecule has 4 aromatic rings. The predicted octanol–water partition coefficient (Wildman–Crippen LogP) is 0.564. The Kier molecular flexibility index (Phi) is 2.93. The van der Waals surface area contributed by atoms with E-state index in [-0.39, 0.29) is 0 Å². The lowest BCUT2D eigenvalue weighted by atomic mass is 10.2. The molecule has 0 radical (unpaired) electrons. The highest BCUT2D eigenvalue weighted by molar-refractivity contribution is 7.03. The Morgan fingerprint density at radius 3 is 2.84 bits per heavy atom. The molecule has 1 aliphatic rings. The summed E-state index contributed by atoms with van der Waals surface area (Å²) in [6.07, 6.45) is 4.03. The minimum absolute atomic E-state index is 0.303. The maximum absolute atomic E-state index is 4.88. The molecule has 13 nitrogen and oxygen atoms in total. The SMILES string of the molecule is c1nc(C2=C(c3cnon3)N(c3conn3)N(c3ccsn3)N2)no1. The van der Waals surface area contributed by atoms with Gasteiger partial charge in [0.1, 0.15) is 17.6 Å². The van der Waals surface area contributed by atoms with Crippen molar-refractivity contribution < 1.29 is 13.7 Å². The van der Waals surface area contributed by atoms with Crippen LogP contribution in [0.5, 0.6) is 0 Å². The van der Waals surface area contributed by atoms with Gasteiger partial charge in [-0.15, -0.1) is 0 Å². The van der Waals surface area contributed by atoms with Crippen LogP contribution in [0.3, 0.4) is 0 Å². The van der Waals surface area contributed by atoms with Crippen LogP contribution in [0.4, 0.5) is 11.6 Å². The number of hydrazine groups is 2. The molecule has 5 rings (SSSR count). The summed E-state index contributed by atoms with van der Waals surface area (Å²) in [6.45, 7) is 0. The third kappa shape index (κ3) is 2.12. The highest BCUT2D eigenvalue weighted by Crippen LogP contribution is 2.37. The summed E-state index contributed by atoms with van der Waals surface area (Å²) in [7, 11) is 0. The van der Waals surface area contributed by atoms with E-state index in [0.717, 1.165) is 0 Å². The number of hydrogen-bond donors (Lipinski definition) is 1.